The summed E-state index contributed by atoms with van der Waals surface area (Å²) in [5.74, 6) is -0.109. The van der Waals surface area contributed by atoms with Crippen LogP contribution >= 0.6 is 27.5 Å². The van der Waals surface area contributed by atoms with Crippen LogP contribution in [0.3, 0.4) is 0 Å². The van der Waals surface area contributed by atoms with Gasteiger partial charge in [-0.25, -0.2) is 8.42 Å². The van der Waals surface area contributed by atoms with Crippen molar-refractivity contribution in [1.82, 2.24) is 0 Å². The maximum atomic E-state index is 12.8. The summed E-state index contributed by atoms with van der Waals surface area (Å²) >= 11 is 9.17. The monoisotopic (exact) mass is 442 g/mol. The molecule has 5 nitrogen and oxygen atoms in total. The molecule has 132 valence electrons. The average molecular weight is 444 g/mol. The fraction of sp³-hybridized carbons (Fsp3) is 0.235. The van der Waals surface area contributed by atoms with E-state index in [9.17, 15) is 13.2 Å². The van der Waals surface area contributed by atoms with Crippen molar-refractivity contribution in [3.05, 3.63) is 51.5 Å². The van der Waals surface area contributed by atoms with Crippen LogP contribution in [0.5, 0.6) is 0 Å². The third-order valence-corrected chi connectivity index (χ3v) is 6.67. The molecular weight excluding hydrogens is 428 g/mol. The third kappa shape index (κ3) is 3.54. The molecule has 0 aliphatic carbocycles. The number of rotatable bonds is 3. The Hall–Kier alpha value is -1.57. The van der Waals surface area contributed by atoms with Crippen LogP contribution in [0.4, 0.5) is 11.4 Å². The molecule has 1 aliphatic heterocycles. The highest BCUT2D eigenvalue weighted by atomic mass is 79.9. The van der Waals surface area contributed by atoms with E-state index >= 15 is 0 Å². The van der Waals surface area contributed by atoms with Gasteiger partial charge in [0.15, 0.2) is 0 Å². The minimum Gasteiger partial charge on any atom is -0.309 e. The number of hydrogen-bond acceptors (Lipinski definition) is 3. The number of nitrogens with zero attached hydrogens (tertiary/aromatic N) is 1. The van der Waals surface area contributed by atoms with E-state index in [4.69, 9.17) is 11.6 Å². The first-order valence-electron chi connectivity index (χ1n) is 7.59. The summed E-state index contributed by atoms with van der Waals surface area (Å²) < 4.78 is 28.6. The molecule has 0 saturated heterocycles. The Balaban J connectivity index is 2.02. The molecule has 2 aromatic carbocycles. The maximum Gasteiger partial charge on any atom is 0.263 e. The molecule has 1 heterocycles. The summed E-state index contributed by atoms with van der Waals surface area (Å²) in [6, 6.07) is 9.71. The van der Waals surface area contributed by atoms with E-state index < -0.39 is 10.0 Å². The molecule has 1 atom stereocenters. The van der Waals surface area contributed by atoms with Crippen LogP contribution in [0, 0.1) is 0 Å². The van der Waals surface area contributed by atoms with E-state index in [1.807, 2.05) is 6.92 Å². The highest BCUT2D eigenvalue weighted by Gasteiger charge is 2.32. The molecule has 0 aromatic heterocycles. The van der Waals surface area contributed by atoms with Crippen LogP contribution < -0.4 is 9.62 Å². The van der Waals surface area contributed by atoms with Crippen molar-refractivity contribution in [2.45, 2.75) is 31.2 Å². The van der Waals surface area contributed by atoms with Gasteiger partial charge >= 0.3 is 0 Å². The van der Waals surface area contributed by atoms with Crippen LogP contribution in [0.2, 0.25) is 5.02 Å². The van der Waals surface area contributed by atoms with Crippen molar-refractivity contribution in [3.63, 3.8) is 0 Å². The van der Waals surface area contributed by atoms with E-state index in [1.165, 1.54) is 6.92 Å². The normalized spacial score (nSPS) is 16.6. The number of fused-ring (bicyclic) bond motifs is 1. The smallest absolute Gasteiger partial charge is 0.263 e. The van der Waals surface area contributed by atoms with E-state index in [1.54, 1.807) is 41.3 Å². The first-order chi connectivity index (χ1) is 11.7. The molecule has 1 N–H and O–H groups in total. The second-order valence-corrected chi connectivity index (χ2v) is 8.91. The van der Waals surface area contributed by atoms with Crippen LogP contribution in [0.15, 0.2) is 45.8 Å². The number of hydrogen-bond donors (Lipinski definition) is 1. The number of halogens is 2. The standard InChI is InChI=1S/C17H16BrClN2O3S/c1-10-7-12-8-15(18)17(9-16(12)21(10)11(2)22)25(23,24)20-14-5-3-13(19)4-6-14/h3-6,8-10,20H,7H2,1-2H3/t10-/m0/s1. The Bertz CT molecular complexity index is 945. The van der Waals surface area contributed by atoms with Crippen molar-refractivity contribution < 1.29 is 13.2 Å². The minimum atomic E-state index is -3.82. The summed E-state index contributed by atoms with van der Waals surface area (Å²) in [7, 11) is -3.82. The molecule has 0 radical (unpaired) electrons. The van der Waals surface area contributed by atoms with Crippen LogP contribution in [-0.2, 0) is 21.2 Å². The first kappa shape index (κ1) is 18.2. The van der Waals surface area contributed by atoms with Crippen molar-refractivity contribution in [2.75, 3.05) is 9.62 Å². The van der Waals surface area contributed by atoms with Crippen molar-refractivity contribution in [1.29, 1.82) is 0 Å². The topological polar surface area (TPSA) is 66.5 Å². The van der Waals surface area contributed by atoms with Gasteiger partial charge in [-0.2, -0.15) is 0 Å². The number of nitrogens with one attached hydrogen (secondary N) is 1. The van der Waals surface area contributed by atoms with Crippen molar-refractivity contribution >= 4 is 54.8 Å². The lowest BCUT2D eigenvalue weighted by molar-refractivity contribution is -0.116. The minimum absolute atomic E-state index is 0.00146. The number of benzene rings is 2. The zero-order chi connectivity index (χ0) is 18.4. The Labute approximate surface area is 160 Å². The highest BCUT2D eigenvalue weighted by molar-refractivity contribution is 9.10. The van der Waals surface area contributed by atoms with Gasteiger partial charge in [-0.1, -0.05) is 11.6 Å². The number of sulfonamides is 1. The molecule has 1 amide bonds. The lowest BCUT2D eigenvalue weighted by atomic mass is 10.1. The summed E-state index contributed by atoms with van der Waals surface area (Å²) in [5, 5.41) is 0.521. The van der Waals surface area contributed by atoms with Gasteiger partial charge in [-0.3, -0.25) is 9.52 Å². The van der Waals surface area contributed by atoms with E-state index in [-0.39, 0.29) is 16.8 Å². The maximum absolute atomic E-state index is 12.8. The zero-order valence-electron chi connectivity index (χ0n) is 13.6. The largest absolute Gasteiger partial charge is 0.309 e. The molecule has 0 saturated carbocycles. The zero-order valence-corrected chi connectivity index (χ0v) is 16.7. The van der Waals surface area contributed by atoms with Crippen LogP contribution in [-0.4, -0.2) is 20.4 Å². The number of carbonyl (C=O) groups excluding carboxylic acids is 1. The predicted molar refractivity (Wildman–Crippen MR) is 103 cm³/mol. The Morgan fingerprint density at radius 3 is 2.52 bits per heavy atom. The second-order valence-electron chi connectivity index (χ2n) is 5.97. The Morgan fingerprint density at radius 2 is 1.92 bits per heavy atom. The molecule has 25 heavy (non-hydrogen) atoms. The van der Waals surface area contributed by atoms with Gasteiger partial charge in [0.2, 0.25) is 5.91 Å². The van der Waals surface area contributed by atoms with Gasteiger partial charge in [-0.05, 0) is 71.2 Å². The summed E-state index contributed by atoms with van der Waals surface area (Å²) in [5.41, 5.74) is 1.99. The quantitative estimate of drug-likeness (QED) is 0.773. The van der Waals surface area contributed by atoms with Gasteiger partial charge in [0.25, 0.3) is 10.0 Å². The van der Waals surface area contributed by atoms with Gasteiger partial charge in [0.05, 0.1) is 0 Å². The Morgan fingerprint density at radius 1 is 1.28 bits per heavy atom. The van der Waals surface area contributed by atoms with Gasteiger partial charge in [0, 0.05) is 33.8 Å². The van der Waals surface area contributed by atoms with Crippen molar-refractivity contribution in [3.8, 4) is 0 Å². The van der Waals surface area contributed by atoms with Crippen LogP contribution in [0.1, 0.15) is 19.4 Å². The van der Waals surface area contributed by atoms with Crippen molar-refractivity contribution in [2.24, 2.45) is 0 Å². The average Bonchev–Trinajstić information content (AvgIpc) is 2.83. The summed E-state index contributed by atoms with van der Waals surface area (Å²) in [6.07, 6.45) is 0.693. The predicted octanol–water partition coefficient (Wildman–Crippen LogP) is 4.20. The number of anilines is 2. The molecule has 0 spiro atoms. The van der Waals surface area contributed by atoms with Gasteiger partial charge in [-0.15, -0.1) is 0 Å². The van der Waals surface area contributed by atoms with E-state index in [0.29, 0.717) is 27.3 Å². The fourth-order valence-electron chi connectivity index (χ4n) is 3.03. The summed E-state index contributed by atoms with van der Waals surface area (Å²) in [4.78, 5) is 13.6. The van der Waals surface area contributed by atoms with Gasteiger partial charge in [0.1, 0.15) is 4.90 Å². The number of amides is 1. The molecule has 0 fully saturated rings. The van der Waals surface area contributed by atoms with E-state index in [2.05, 4.69) is 20.7 Å². The SMILES string of the molecule is CC(=O)N1c2cc(S(=O)(=O)Nc3ccc(Cl)cc3)c(Br)cc2C[C@@H]1C. The fourth-order valence-corrected chi connectivity index (χ4v) is 5.33. The van der Waals surface area contributed by atoms with Gasteiger partial charge < -0.3 is 4.90 Å². The lowest BCUT2D eigenvalue weighted by Crippen LogP contribution is -2.33. The number of carbonyl (C=O) groups is 1. The first-order valence-corrected chi connectivity index (χ1v) is 10.2. The molecule has 3 rings (SSSR count). The summed E-state index contributed by atoms with van der Waals surface area (Å²) in [6.45, 7) is 3.42. The molecule has 0 unspecified atom stereocenters. The molecule has 0 bridgehead atoms. The molecule has 8 heteroatoms. The Kier molecular flexibility index (Phi) is 4.83. The molecule has 1 aliphatic rings. The lowest BCUT2D eigenvalue weighted by Gasteiger charge is -2.21. The van der Waals surface area contributed by atoms with E-state index in [0.717, 1.165) is 5.56 Å². The van der Waals surface area contributed by atoms with Crippen LogP contribution in [0.25, 0.3) is 0 Å². The molecule has 2 aromatic rings. The second kappa shape index (κ2) is 6.63. The highest BCUT2D eigenvalue weighted by Crippen LogP contribution is 2.38. The molecular formula is C17H16BrClN2O3S. The third-order valence-electron chi connectivity index (χ3n) is 4.07.